The fourth-order valence-electron chi connectivity index (χ4n) is 4.00. The molecule has 2 aromatic carbocycles. The first-order chi connectivity index (χ1) is 16.4. The highest BCUT2D eigenvalue weighted by Crippen LogP contribution is 2.31. The zero-order chi connectivity index (χ0) is 24.1. The van der Waals surface area contributed by atoms with E-state index in [4.69, 9.17) is 9.15 Å². The fraction of sp³-hybridized carbons (Fsp3) is 0.296. The largest absolute Gasteiger partial charge is 0.466 e. The number of carbonyl (C=O) groups excluding carboxylic acids is 3. The summed E-state index contributed by atoms with van der Waals surface area (Å²) in [4.78, 5) is 38.2. The Hall–Kier alpha value is -3.87. The van der Waals surface area contributed by atoms with Crippen molar-refractivity contribution in [1.82, 2.24) is 4.90 Å². The first-order valence-corrected chi connectivity index (χ1v) is 11.5. The van der Waals surface area contributed by atoms with Gasteiger partial charge in [0.05, 0.1) is 13.0 Å². The molecule has 0 saturated carbocycles. The van der Waals surface area contributed by atoms with Gasteiger partial charge in [0, 0.05) is 48.3 Å². The number of esters is 1. The Morgan fingerprint density at radius 3 is 2.59 bits per heavy atom. The molecule has 0 atom stereocenters. The van der Waals surface area contributed by atoms with E-state index in [1.54, 1.807) is 19.1 Å². The average Bonchev–Trinajstić information content (AvgIpc) is 3.26. The van der Waals surface area contributed by atoms with Gasteiger partial charge in [-0.25, -0.2) is 0 Å². The summed E-state index contributed by atoms with van der Waals surface area (Å²) >= 11 is 0. The minimum absolute atomic E-state index is 0.0279. The van der Waals surface area contributed by atoms with Gasteiger partial charge in [0.25, 0.3) is 5.91 Å². The van der Waals surface area contributed by atoms with E-state index in [1.165, 1.54) is 0 Å². The van der Waals surface area contributed by atoms with Gasteiger partial charge in [-0.1, -0.05) is 17.7 Å². The van der Waals surface area contributed by atoms with Gasteiger partial charge >= 0.3 is 5.97 Å². The quantitative estimate of drug-likeness (QED) is 0.515. The molecule has 1 aliphatic rings. The van der Waals surface area contributed by atoms with E-state index in [9.17, 15) is 14.4 Å². The second-order valence-electron chi connectivity index (χ2n) is 8.34. The van der Waals surface area contributed by atoms with E-state index in [0.29, 0.717) is 37.4 Å². The highest BCUT2D eigenvalue weighted by Gasteiger charge is 2.25. The lowest BCUT2D eigenvalue weighted by atomic mass is 10.1. The molecule has 7 heteroatoms. The normalized spacial score (nSPS) is 12.7. The lowest BCUT2D eigenvalue weighted by Gasteiger charge is -2.26. The van der Waals surface area contributed by atoms with Gasteiger partial charge in [-0.3, -0.25) is 14.4 Å². The molecule has 1 N–H and O–H groups in total. The summed E-state index contributed by atoms with van der Waals surface area (Å²) in [7, 11) is 0. The van der Waals surface area contributed by atoms with Crippen molar-refractivity contribution in [1.29, 1.82) is 0 Å². The molecule has 0 saturated heterocycles. The maximum absolute atomic E-state index is 12.9. The summed E-state index contributed by atoms with van der Waals surface area (Å²) in [5.41, 5.74) is 4.30. The number of hydrogen-bond donors (Lipinski definition) is 1. The molecule has 7 nitrogen and oxygen atoms in total. The maximum atomic E-state index is 12.9. The monoisotopic (exact) mass is 460 g/mol. The number of aryl methyl sites for hydroxylation is 1. The van der Waals surface area contributed by atoms with Crippen LogP contribution < -0.4 is 5.32 Å². The van der Waals surface area contributed by atoms with Crippen LogP contribution in [0.1, 0.15) is 47.0 Å². The molecule has 176 valence electrons. The van der Waals surface area contributed by atoms with Crippen LogP contribution >= 0.6 is 0 Å². The van der Waals surface area contributed by atoms with Gasteiger partial charge < -0.3 is 19.4 Å². The Balaban J connectivity index is 1.38. The summed E-state index contributed by atoms with van der Waals surface area (Å²) in [6.07, 6.45) is 0.795. The molecule has 3 aromatic rings. The molecular formula is C27H28N2O5. The number of nitrogens with one attached hydrogen (secondary N) is 1. The number of benzene rings is 2. The zero-order valence-electron chi connectivity index (χ0n) is 19.4. The van der Waals surface area contributed by atoms with Crippen LogP contribution in [0.4, 0.5) is 5.69 Å². The Kier molecular flexibility index (Phi) is 7.11. The predicted molar refractivity (Wildman–Crippen MR) is 128 cm³/mol. The van der Waals surface area contributed by atoms with Crippen LogP contribution in [0.2, 0.25) is 0 Å². The van der Waals surface area contributed by atoms with Crippen molar-refractivity contribution in [3.05, 3.63) is 77.0 Å². The number of amides is 2. The second kappa shape index (κ2) is 10.4. The first kappa shape index (κ1) is 23.3. The van der Waals surface area contributed by atoms with E-state index in [0.717, 1.165) is 28.2 Å². The molecule has 4 rings (SSSR count). The van der Waals surface area contributed by atoms with E-state index < -0.39 is 0 Å². The topological polar surface area (TPSA) is 88.8 Å². The van der Waals surface area contributed by atoms with Gasteiger partial charge in [0.15, 0.2) is 0 Å². The number of carbonyl (C=O) groups is 3. The molecule has 1 aromatic heterocycles. The molecule has 0 unspecified atom stereocenters. The summed E-state index contributed by atoms with van der Waals surface area (Å²) in [6.45, 7) is 5.15. The summed E-state index contributed by atoms with van der Waals surface area (Å²) in [5.74, 6) is 1.04. The predicted octanol–water partition coefficient (Wildman–Crippen LogP) is 4.74. The number of rotatable bonds is 7. The SMILES string of the molecule is CCOC(=O)CCC(=O)Nc1ccc(-c2cc3c(o2)CCN(C(=O)c2cccc(C)c2)C3)cc1. The van der Waals surface area contributed by atoms with Gasteiger partial charge in [-0.2, -0.15) is 0 Å². The van der Waals surface area contributed by atoms with E-state index in [-0.39, 0.29) is 30.6 Å². The number of nitrogens with zero attached hydrogens (tertiary/aromatic N) is 1. The van der Waals surface area contributed by atoms with Crippen molar-refractivity contribution in [3.8, 4) is 11.3 Å². The molecule has 0 spiro atoms. The Labute approximate surface area is 198 Å². The minimum Gasteiger partial charge on any atom is -0.466 e. The van der Waals surface area contributed by atoms with Crippen LogP contribution in [-0.4, -0.2) is 35.8 Å². The lowest BCUT2D eigenvalue weighted by Crippen LogP contribution is -2.35. The van der Waals surface area contributed by atoms with Gasteiger partial charge in [0.2, 0.25) is 5.91 Å². The van der Waals surface area contributed by atoms with Crippen LogP contribution in [0.25, 0.3) is 11.3 Å². The number of hydrogen-bond acceptors (Lipinski definition) is 5. The third-order valence-corrected chi connectivity index (χ3v) is 5.73. The third kappa shape index (κ3) is 5.54. The fourth-order valence-corrected chi connectivity index (χ4v) is 4.00. The van der Waals surface area contributed by atoms with Gasteiger partial charge in [-0.15, -0.1) is 0 Å². The molecule has 1 aliphatic heterocycles. The van der Waals surface area contributed by atoms with Crippen LogP contribution in [-0.2, 0) is 27.3 Å². The Morgan fingerprint density at radius 2 is 1.85 bits per heavy atom. The summed E-state index contributed by atoms with van der Waals surface area (Å²) in [5, 5.41) is 2.78. The Bertz CT molecular complexity index is 1200. The summed E-state index contributed by atoms with van der Waals surface area (Å²) in [6, 6.07) is 17.0. The van der Waals surface area contributed by atoms with Crippen molar-refractivity contribution in [2.24, 2.45) is 0 Å². The standard InChI is InChI=1S/C27H28N2O5/c1-3-33-26(31)12-11-25(30)28-22-9-7-19(8-10-22)24-16-21-17-29(14-13-23(21)34-24)27(32)20-6-4-5-18(2)15-20/h4-10,15-16H,3,11-14,17H2,1-2H3,(H,28,30). The zero-order valence-corrected chi connectivity index (χ0v) is 19.4. The molecular weight excluding hydrogens is 432 g/mol. The first-order valence-electron chi connectivity index (χ1n) is 11.5. The molecule has 34 heavy (non-hydrogen) atoms. The summed E-state index contributed by atoms with van der Waals surface area (Å²) < 4.78 is 10.9. The molecule has 0 fully saturated rings. The van der Waals surface area contributed by atoms with Gasteiger partial charge in [0.1, 0.15) is 11.5 Å². The molecule has 0 aliphatic carbocycles. The highest BCUT2D eigenvalue weighted by atomic mass is 16.5. The van der Waals surface area contributed by atoms with Crippen LogP contribution in [0.15, 0.2) is 59.0 Å². The highest BCUT2D eigenvalue weighted by molar-refractivity contribution is 5.94. The average molecular weight is 461 g/mol. The van der Waals surface area contributed by atoms with Crippen LogP contribution in [0.5, 0.6) is 0 Å². The number of furan rings is 1. The maximum Gasteiger partial charge on any atom is 0.306 e. The molecule has 2 amide bonds. The van der Waals surface area contributed by atoms with Crippen molar-refractivity contribution >= 4 is 23.5 Å². The number of anilines is 1. The van der Waals surface area contributed by atoms with Crippen molar-refractivity contribution < 1.29 is 23.5 Å². The van der Waals surface area contributed by atoms with Crippen molar-refractivity contribution in [2.75, 3.05) is 18.5 Å². The van der Waals surface area contributed by atoms with Crippen molar-refractivity contribution in [3.63, 3.8) is 0 Å². The van der Waals surface area contributed by atoms with Crippen molar-refractivity contribution in [2.45, 2.75) is 39.7 Å². The smallest absolute Gasteiger partial charge is 0.306 e. The van der Waals surface area contributed by atoms with E-state index in [2.05, 4.69) is 5.32 Å². The Morgan fingerprint density at radius 1 is 1.06 bits per heavy atom. The lowest BCUT2D eigenvalue weighted by molar-refractivity contribution is -0.144. The van der Waals surface area contributed by atoms with Gasteiger partial charge in [-0.05, 0) is 56.3 Å². The van der Waals surface area contributed by atoms with E-state index in [1.807, 2.05) is 54.3 Å². The number of fused-ring (bicyclic) bond motifs is 1. The van der Waals surface area contributed by atoms with E-state index >= 15 is 0 Å². The minimum atomic E-state index is -0.381. The second-order valence-corrected chi connectivity index (χ2v) is 8.34. The number of ether oxygens (including phenoxy) is 1. The molecule has 0 bridgehead atoms. The third-order valence-electron chi connectivity index (χ3n) is 5.73. The van der Waals surface area contributed by atoms with Crippen LogP contribution in [0.3, 0.4) is 0 Å². The molecule has 2 heterocycles. The molecule has 0 radical (unpaired) electrons. The van der Waals surface area contributed by atoms with Crippen LogP contribution in [0, 0.1) is 6.92 Å².